The summed E-state index contributed by atoms with van der Waals surface area (Å²) in [5, 5.41) is 14.2. The van der Waals surface area contributed by atoms with Crippen LogP contribution in [0.25, 0.3) is 22.5 Å². The van der Waals surface area contributed by atoms with Crippen LogP contribution in [-0.2, 0) is 13.2 Å². The quantitative estimate of drug-likeness (QED) is 0.267. The van der Waals surface area contributed by atoms with Crippen LogP contribution in [0, 0.1) is 6.92 Å². The van der Waals surface area contributed by atoms with Crippen LogP contribution in [0.2, 0.25) is 0 Å². The van der Waals surface area contributed by atoms with Crippen molar-refractivity contribution in [2.45, 2.75) is 20.0 Å². The summed E-state index contributed by atoms with van der Waals surface area (Å²) < 4.78 is 45.4. The van der Waals surface area contributed by atoms with Gasteiger partial charge in [0.1, 0.15) is 17.0 Å². The van der Waals surface area contributed by atoms with Gasteiger partial charge in [0.15, 0.2) is 0 Å². The number of carbonyl (C=O) groups is 2. The average molecular weight is 579 g/mol. The van der Waals surface area contributed by atoms with Crippen molar-refractivity contribution in [1.29, 1.82) is 0 Å². The standard InChI is InChI=1S/C28H25F3N8O3/c1-4-33-23-22(16-8-10-20(11-9-16)39-15(2)35-37(3)27(39)42)36-38-14-18(28(29,30)31)13-21(24(23)38)26(41)34-19-7-5-6-17(12-19)25(32)40/h5-14,33H,4H2,1-3H3,(H2,32,40)(H,34,41). The molecule has 0 aliphatic rings. The van der Waals surface area contributed by atoms with Gasteiger partial charge in [0.25, 0.3) is 5.91 Å². The number of hydrogen-bond donors (Lipinski definition) is 3. The fraction of sp³-hybridized carbons (Fsp3) is 0.179. The maximum atomic E-state index is 13.9. The van der Waals surface area contributed by atoms with E-state index in [-0.39, 0.29) is 28.0 Å². The van der Waals surface area contributed by atoms with E-state index in [0.29, 0.717) is 35.0 Å². The molecule has 0 saturated carbocycles. The van der Waals surface area contributed by atoms with Crippen LogP contribution in [0.4, 0.5) is 24.5 Å². The zero-order valence-corrected chi connectivity index (χ0v) is 22.7. The summed E-state index contributed by atoms with van der Waals surface area (Å²) in [4.78, 5) is 37.5. The lowest BCUT2D eigenvalue weighted by molar-refractivity contribution is -0.137. The van der Waals surface area contributed by atoms with Crippen LogP contribution in [0.5, 0.6) is 0 Å². The first kappa shape index (κ1) is 28.1. The molecular formula is C28H25F3N8O3. The van der Waals surface area contributed by atoms with E-state index in [1.807, 2.05) is 0 Å². The Morgan fingerprint density at radius 1 is 1.05 bits per heavy atom. The van der Waals surface area contributed by atoms with E-state index in [0.717, 1.165) is 16.8 Å². The van der Waals surface area contributed by atoms with Gasteiger partial charge in [0, 0.05) is 36.6 Å². The number of fused-ring (bicyclic) bond motifs is 1. The molecule has 4 N–H and O–H groups in total. The number of nitrogens with zero attached hydrogens (tertiary/aromatic N) is 5. The van der Waals surface area contributed by atoms with Gasteiger partial charge < -0.3 is 16.4 Å². The fourth-order valence-electron chi connectivity index (χ4n) is 4.66. The molecule has 0 unspecified atom stereocenters. The molecule has 3 heterocycles. The number of rotatable bonds is 7. The molecular weight excluding hydrogens is 553 g/mol. The van der Waals surface area contributed by atoms with Crippen molar-refractivity contribution in [3.05, 3.63) is 93.8 Å². The summed E-state index contributed by atoms with van der Waals surface area (Å²) in [6, 6.07) is 13.2. The van der Waals surface area contributed by atoms with Crippen LogP contribution in [-0.4, -0.2) is 42.3 Å². The van der Waals surface area contributed by atoms with Gasteiger partial charge in [-0.2, -0.15) is 23.4 Å². The second-order valence-electron chi connectivity index (χ2n) is 9.42. The smallest absolute Gasteiger partial charge is 0.382 e. The highest BCUT2D eigenvalue weighted by Crippen LogP contribution is 2.37. The van der Waals surface area contributed by atoms with Gasteiger partial charge in [0.05, 0.1) is 22.5 Å². The highest BCUT2D eigenvalue weighted by molar-refractivity contribution is 6.12. The zero-order valence-electron chi connectivity index (χ0n) is 22.7. The minimum atomic E-state index is -4.77. The number of anilines is 2. The van der Waals surface area contributed by atoms with E-state index in [1.54, 1.807) is 38.1 Å². The Bertz CT molecular complexity index is 1900. The molecule has 0 fully saturated rings. The Hall–Kier alpha value is -5.40. The van der Waals surface area contributed by atoms with E-state index in [9.17, 15) is 27.6 Å². The number of aryl methyl sites for hydroxylation is 2. The minimum absolute atomic E-state index is 0.117. The largest absolute Gasteiger partial charge is 0.417 e. The molecule has 42 heavy (non-hydrogen) atoms. The number of hydrogen-bond acceptors (Lipinski definition) is 6. The Morgan fingerprint density at radius 3 is 2.36 bits per heavy atom. The number of halogens is 3. The fourth-order valence-corrected chi connectivity index (χ4v) is 4.66. The normalized spacial score (nSPS) is 11.6. The number of benzene rings is 2. The maximum absolute atomic E-state index is 13.9. The summed E-state index contributed by atoms with van der Waals surface area (Å²) in [6.45, 7) is 3.86. The van der Waals surface area contributed by atoms with E-state index >= 15 is 0 Å². The third-order valence-corrected chi connectivity index (χ3v) is 6.54. The van der Waals surface area contributed by atoms with Gasteiger partial charge in [-0.05, 0) is 50.2 Å². The second-order valence-corrected chi connectivity index (χ2v) is 9.42. The van der Waals surface area contributed by atoms with Crippen LogP contribution in [0.3, 0.4) is 0 Å². The monoisotopic (exact) mass is 578 g/mol. The maximum Gasteiger partial charge on any atom is 0.417 e. The van der Waals surface area contributed by atoms with E-state index in [4.69, 9.17) is 5.73 Å². The van der Waals surface area contributed by atoms with Crippen molar-refractivity contribution in [2.75, 3.05) is 17.2 Å². The van der Waals surface area contributed by atoms with Gasteiger partial charge in [-0.3, -0.25) is 9.59 Å². The SMILES string of the molecule is CCNc1c(-c2ccc(-n3c(C)nn(C)c3=O)cc2)nn2cc(C(F)(F)F)cc(C(=O)Nc3cccc(C(N)=O)c3)c12. The molecule has 0 spiro atoms. The number of nitrogens with one attached hydrogen (secondary N) is 2. The molecule has 5 aromatic rings. The molecule has 2 amide bonds. The number of primary amides is 1. The molecule has 0 radical (unpaired) electrons. The lowest BCUT2D eigenvalue weighted by Gasteiger charge is -2.13. The van der Waals surface area contributed by atoms with Crippen LogP contribution < -0.4 is 22.1 Å². The van der Waals surface area contributed by atoms with Crippen molar-refractivity contribution in [3.8, 4) is 16.9 Å². The number of amides is 2. The van der Waals surface area contributed by atoms with Crippen LogP contribution >= 0.6 is 0 Å². The van der Waals surface area contributed by atoms with Crippen molar-refractivity contribution < 1.29 is 22.8 Å². The zero-order chi connectivity index (χ0) is 30.3. The van der Waals surface area contributed by atoms with E-state index < -0.39 is 23.6 Å². The molecule has 11 nitrogen and oxygen atoms in total. The van der Waals surface area contributed by atoms with Crippen molar-refractivity contribution >= 4 is 28.7 Å². The number of pyridine rings is 1. The number of nitrogens with two attached hydrogens (primary N) is 1. The summed E-state index contributed by atoms with van der Waals surface area (Å²) in [5.74, 6) is -1.09. The second kappa shape index (κ2) is 10.5. The molecule has 0 saturated heterocycles. The Kier molecular flexibility index (Phi) is 7.06. The van der Waals surface area contributed by atoms with Crippen LogP contribution in [0.15, 0.2) is 65.6 Å². The highest BCUT2D eigenvalue weighted by atomic mass is 19.4. The first-order valence-corrected chi connectivity index (χ1v) is 12.7. The molecule has 5 rings (SSSR count). The molecule has 14 heteroatoms. The molecule has 3 aromatic heterocycles. The van der Waals surface area contributed by atoms with Gasteiger partial charge in [0.2, 0.25) is 5.91 Å². The molecule has 0 atom stereocenters. The van der Waals surface area contributed by atoms with Gasteiger partial charge in [-0.15, -0.1) is 0 Å². The minimum Gasteiger partial charge on any atom is -0.382 e. The van der Waals surface area contributed by atoms with E-state index in [1.165, 1.54) is 40.6 Å². The third kappa shape index (κ3) is 5.09. The van der Waals surface area contributed by atoms with Gasteiger partial charge in [-0.1, -0.05) is 18.2 Å². The number of alkyl halides is 3. The average Bonchev–Trinajstić information content (AvgIpc) is 3.43. The number of aromatic nitrogens is 5. The Labute approximate surface area is 236 Å². The topological polar surface area (TPSA) is 141 Å². The first-order valence-electron chi connectivity index (χ1n) is 12.7. The predicted molar refractivity (Wildman–Crippen MR) is 150 cm³/mol. The Balaban J connectivity index is 1.65. The van der Waals surface area contributed by atoms with Crippen LogP contribution in [0.1, 0.15) is 39.0 Å². The lowest BCUT2D eigenvalue weighted by Crippen LogP contribution is -2.21. The molecule has 0 aliphatic carbocycles. The van der Waals surface area contributed by atoms with Crippen molar-refractivity contribution in [1.82, 2.24) is 24.0 Å². The summed E-state index contributed by atoms with van der Waals surface area (Å²) in [5.41, 5.74) is 5.73. The first-order chi connectivity index (χ1) is 19.9. The molecule has 216 valence electrons. The summed E-state index contributed by atoms with van der Waals surface area (Å²) >= 11 is 0. The highest BCUT2D eigenvalue weighted by Gasteiger charge is 2.34. The van der Waals surface area contributed by atoms with E-state index in [2.05, 4.69) is 20.8 Å². The molecule has 2 aromatic carbocycles. The van der Waals surface area contributed by atoms with Gasteiger partial charge >= 0.3 is 11.9 Å². The lowest BCUT2D eigenvalue weighted by atomic mass is 10.1. The number of carbonyl (C=O) groups excluding carboxylic acids is 2. The third-order valence-electron chi connectivity index (χ3n) is 6.54. The molecule has 0 bridgehead atoms. The summed E-state index contributed by atoms with van der Waals surface area (Å²) in [6.07, 6.45) is -3.95. The van der Waals surface area contributed by atoms with Crippen molar-refractivity contribution in [3.63, 3.8) is 0 Å². The summed E-state index contributed by atoms with van der Waals surface area (Å²) in [7, 11) is 1.54. The van der Waals surface area contributed by atoms with Crippen molar-refractivity contribution in [2.24, 2.45) is 12.8 Å². The Morgan fingerprint density at radius 2 is 1.76 bits per heavy atom. The molecule has 0 aliphatic heterocycles. The predicted octanol–water partition coefficient (Wildman–Crippen LogP) is 4.00. The van der Waals surface area contributed by atoms with Gasteiger partial charge in [-0.25, -0.2) is 18.6 Å².